The maximum Gasteiger partial charge on any atom is 0.331 e. The van der Waals surface area contributed by atoms with Crippen LogP contribution in [0.1, 0.15) is 32.6 Å². The summed E-state index contributed by atoms with van der Waals surface area (Å²) in [6.45, 7) is 5.78. The van der Waals surface area contributed by atoms with Crippen LogP contribution in [-0.2, 0) is 19.1 Å². The molecule has 1 aromatic rings. The Balaban J connectivity index is 2.77. The van der Waals surface area contributed by atoms with Gasteiger partial charge in [-0.2, -0.15) is 0 Å². The highest BCUT2D eigenvalue weighted by Gasteiger charge is 2.31. The van der Waals surface area contributed by atoms with Crippen LogP contribution in [0.3, 0.4) is 0 Å². The van der Waals surface area contributed by atoms with E-state index in [0.717, 1.165) is 12.2 Å². The largest absolute Gasteiger partial charge is 0.466 e. The average molecular weight is 266 g/mol. The van der Waals surface area contributed by atoms with Crippen LogP contribution in [0, 0.1) is 5.41 Å². The second-order valence-corrected chi connectivity index (χ2v) is 5.05. The Labute approximate surface area is 112 Å². The Bertz CT molecular complexity index is 451. The van der Waals surface area contributed by atoms with E-state index < -0.39 is 18.0 Å². The quantitative estimate of drug-likeness (QED) is 0.619. The minimum Gasteiger partial charge on any atom is -0.466 e. The van der Waals surface area contributed by atoms with Crippen molar-refractivity contribution < 1.29 is 23.5 Å². The third-order valence-corrected chi connectivity index (χ3v) is 2.38. The van der Waals surface area contributed by atoms with E-state index in [1.54, 1.807) is 12.1 Å². The fourth-order valence-corrected chi connectivity index (χ4v) is 1.46. The Morgan fingerprint density at radius 1 is 1.26 bits per heavy atom. The van der Waals surface area contributed by atoms with Crippen LogP contribution in [-0.4, -0.2) is 19.0 Å². The molecule has 1 heterocycles. The number of esters is 2. The molecule has 0 N–H and O–H groups in total. The molecule has 1 aromatic heterocycles. The molecule has 0 amide bonds. The molecule has 0 aromatic carbocycles. The Morgan fingerprint density at radius 2 is 1.89 bits per heavy atom. The van der Waals surface area contributed by atoms with Gasteiger partial charge >= 0.3 is 11.9 Å². The number of hydrogen-bond acceptors (Lipinski definition) is 5. The van der Waals surface area contributed by atoms with Crippen LogP contribution >= 0.6 is 0 Å². The summed E-state index contributed by atoms with van der Waals surface area (Å²) in [7, 11) is 1.23. The smallest absolute Gasteiger partial charge is 0.331 e. The minimum absolute atomic E-state index is 0.327. The van der Waals surface area contributed by atoms with E-state index in [1.165, 1.54) is 13.4 Å². The van der Waals surface area contributed by atoms with Gasteiger partial charge in [0.05, 0.1) is 13.4 Å². The van der Waals surface area contributed by atoms with Crippen molar-refractivity contribution in [2.45, 2.75) is 26.9 Å². The van der Waals surface area contributed by atoms with Crippen molar-refractivity contribution in [1.82, 2.24) is 0 Å². The minimum atomic E-state index is -0.623. The highest BCUT2D eigenvalue weighted by Crippen LogP contribution is 2.36. The third kappa shape index (κ3) is 4.62. The van der Waals surface area contributed by atoms with E-state index in [4.69, 9.17) is 9.15 Å². The zero-order chi connectivity index (χ0) is 14.5. The fraction of sp³-hybridized carbons (Fsp3) is 0.429. The number of hydrogen-bond donors (Lipinski definition) is 0. The number of furan rings is 1. The second kappa shape index (κ2) is 6.22. The number of carbonyl (C=O) groups excluding carboxylic acids is 2. The molecular weight excluding hydrogens is 248 g/mol. The first-order valence-electron chi connectivity index (χ1n) is 5.84. The van der Waals surface area contributed by atoms with Crippen LogP contribution in [0.15, 0.2) is 35.0 Å². The topological polar surface area (TPSA) is 65.7 Å². The molecule has 0 aliphatic carbocycles. The molecule has 0 radical (unpaired) electrons. The highest BCUT2D eigenvalue weighted by molar-refractivity contribution is 5.91. The lowest BCUT2D eigenvalue weighted by atomic mass is 9.87. The van der Waals surface area contributed by atoms with Gasteiger partial charge in [0.15, 0.2) is 6.10 Å². The van der Waals surface area contributed by atoms with Crippen LogP contribution in [0.4, 0.5) is 0 Å². The van der Waals surface area contributed by atoms with Gasteiger partial charge in [-0.05, 0) is 12.1 Å². The van der Waals surface area contributed by atoms with Gasteiger partial charge in [0.2, 0.25) is 0 Å². The van der Waals surface area contributed by atoms with Gasteiger partial charge in [-0.3, -0.25) is 0 Å². The number of carbonyl (C=O) groups is 2. The summed E-state index contributed by atoms with van der Waals surface area (Å²) >= 11 is 0. The summed E-state index contributed by atoms with van der Waals surface area (Å²) in [6.07, 6.45) is 3.04. The zero-order valence-corrected chi connectivity index (χ0v) is 11.5. The second-order valence-electron chi connectivity index (χ2n) is 5.05. The Kier molecular flexibility index (Phi) is 4.92. The zero-order valence-electron chi connectivity index (χ0n) is 11.5. The predicted molar refractivity (Wildman–Crippen MR) is 68.2 cm³/mol. The first kappa shape index (κ1) is 15.0. The SMILES string of the molecule is COC(=O)/C=C/C(=O)OC(c1ccco1)C(C)(C)C. The summed E-state index contributed by atoms with van der Waals surface area (Å²) < 4.78 is 15.0. The first-order chi connectivity index (χ1) is 8.84. The van der Waals surface area contributed by atoms with E-state index >= 15 is 0 Å². The molecule has 0 spiro atoms. The lowest BCUT2D eigenvalue weighted by Crippen LogP contribution is -2.23. The van der Waals surface area contributed by atoms with Gasteiger partial charge in [-0.1, -0.05) is 20.8 Å². The van der Waals surface area contributed by atoms with Crippen LogP contribution in [0.25, 0.3) is 0 Å². The van der Waals surface area contributed by atoms with Crippen molar-refractivity contribution in [3.8, 4) is 0 Å². The molecule has 1 unspecified atom stereocenters. The van der Waals surface area contributed by atoms with E-state index in [9.17, 15) is 9.59 Å². The average Bonchev–Trinajstić information content (AvgIpc) is 2.84. The van der Waals surface area contributed by atoms with Crippen molar-refractivity contribution in [3.63, 3.8) is 0 Å². The van der Waals surface area contributed by atoms with Gasteiger partial charge in [0.1, 0.15) is 5.76 Å². The molecule has 0 aliphatic heterocycles. The maximum absolute atomic E-state index is 11.7. The lowest BCUT2D eigenvalue weighted by molar-refractivity contribution is -0.151. The molecule has 104 valence electrons. The molecule has 5 heteroatoms. The molecule has 1 atom stereocenters. The van der Waals surface area contributed by atoms with E-state index in [0.29, 0.717) is 5.76 Å². The van der Waals surface area contributed by atoms with E-state index in [-0.39, 0.29) is 5.41 Å². The van der Waals surface area contributed by atoms with Crippen molar-refractivity contribution in [2.24, 2.45) is 5.41 Å². The van der Waals surface area contributed by atoms with Gasteiger partial charge < -0.3 is 13.9 Å². The molecule has 1 rings (SSSR count). The summed E-state index contributed by atoms with van der Waals surface area (Å²) in [4.78, 5) is 22.5. The molecule has 0 saturated heterocycles. The van der Waals surface area contributed by atoms with Gasteiger partial charge in [0.25, 0.3) is 0 Å². The van der Waals surface area contributed by atoms with Crippen LogP contribution < -0.4 is 0 Å². The Hall–Kier alpha value is -2.04. The maximum atomic E-state index is 11.7. The predicted octanol–water partition coefficient (Wildman–Crippen LogP) is 2.64. The highest BCUT2D eigenvalue weighted by atomic mass is 16.6. The summed E-state index contributed by atoms with van der Waals surface area (Å²) in [5.74, 6) is -0.670. The molecule has 0 aliphatic rings. The molecule has 0 fully saturated rings. The standard InChI is InChI=1S/C14H18O5/c1-14(2,3)13(10-6-5-9-18-10)19-12(16)8-7-11(15)17-4/h5-9,13H,1-4H3/b8-7+. The van der Waals surface area contributed by atoms with Gasteiger partial charge in [-0.25, -0.2) is 9.59 Å². The van der Waals surface area contributed by atoms with E-state index in [2.05, 4.69) is 4.74 Å². The molecular formula is C14H18O5. The molecule has 5 nitrogen and oxygen atoms in total. The fourth-order valence-electron chi connectivity index (χ4n) is 1.46. The van der Waals surface area contributed by atoms with Gasteiger partial charge in [-0.15, -0.1) is 0 Å². The third-order valence-electron chi connectivity index (χ3n) is 2.38. The first-order valence-corrected chi connectivity index (χ1v) is 5.84. The summed E-state index contributed by atoms with van der Waals surface area (Å²) in [5, 5.41) is 0. The normalized spacial score (nSPS) is 13.3. The van der Waals surface area contributed by atoms with E-state index in [1.807, 2.05) is 20.8 Å². The van der Waals surface area contributed by atoms with Crippen molar-refractivity contribution in [1.29, 1.82) is 0 Å². The van der Waals surface area contributed by atoms with Crippen molar-refractivity contribution in [2.75, 3.05) is 7.11 Å². The molecule has 0 bridgehead atoms. The summed E-state index contributed by atoms with van der Waals surface area (Å²) in [5.41, 5.74) is -0.327. The Morgan fingerprint density at radius 3 is 2.37 bits per heavy atom. The van der Waals surface area contributed by atoms with Crippen LogP contribution in [0.2, 0.25) is 0 Å². The monoisotopic (exact) mass is 266 g/mol. The number of ether oxygens (including phenoxy) is 2. The number of methoxy groups -OCH3 is 1. The van der Waals surface area contributed by atoms with Crippen molar-refractivity contribution in [3.05, 3.63) is 36.3 Å². The number of rotatable bonds is 4. The van der Waals surface area contributed by atoms with Gasteiger partial charge in [0, 0.05) is 17.6 Å². The molecule has 0 saturated carbocycles. The lowest BCUT2D eigenvalue weighted by Gasteiger charge is -2.28. The summed E-state index contributed by atoms with van der Waals surface area (Å²) in [6, 6.07) is 3.47. The van der Waals surface area contributed by atoms with Crippen LogP contribution in [0.5, 0.6) is 0 Å². The van der Waals surface area contributed by atoms with Crippen molar-refractivity contribution >= 4 is 11.9 Å². The molecule has 19 heavy (non-hydrogen) atoms.